The number of nitrogens with zero attached hydrogens (tertiary/aromatic N) is 3. The van der Waals surface area contributed by atoms with E-state index in [2.05, 4.69) is 15.9 Å². The van der Waals surface area contributed by atoms with Gasteiger partial charge in [-0.15, -0.1) is 0 Å². The third kappa shape index (κ3) is 5.43. The van der Waals surface area contributed by atoms with Gasteiger partial charge in [0.25, 0.3) is 17.5 Å². The van der Waals surface area contributed by atoms with Crippen LogP contribution in [0.5, 0.6) is 11.5 Å². The first kappa shape index (κ1) is 25.9. The van der Waals surface area contributed by atoms with E-state index in [4.69, 9.17) is 4.74 Å². The molecule has 0 aliphatic carbocycles. The lowest BCUT2D eigenvalue weighted by molar-refractivity contribution is -0.385. The van der Waals surface area contributed by atoms with Crippen LogP contribution in [0.3, 0.4) is 0 Å². The Labute approximate surface area is 229 Å². The summed E-state index contributed by atoms with van der Waals surface area (Å²) < 4.78 is 6.38. The van der Waals surface area contributed by atoms with Crippen LogP contribution in [0.15, 0.2) is 71.2 Å². The third-order valence-corrected chi connectivity index (χ3v) is 8.35. The second-order valence-electron chi connectivity index (χ2n) is 9.90. The molecule has 2 amide bonds. The molecule has 0 unspecified atom stereocenters. The second kappa shape index (κ2) is 10.9. The summed E-state index contributed by atoms with van der Waals surface area (Å²) in [5, 5.41) is 11.4. The minimum absolute atomic E-state index is 0.00841. The molecule has 8 nitrogen and oxygen atoms in total. The molecule has 3 aromatic carbocycles. The summed E-state index contributed by atoms with van der Waals surface area (Å²) >= 11 is 3.35. The largest absolute Gasteiger partial charge is 0.457 e. The van der Waals surface area contributed by atoms with Crippen LogP contribution < -0.4 is 4.74 Å². The van der Waals surface area contributed by atoms with Crippen molar-refractivity contribution >= 4 is 33.4 Å². The van der Waals surface area contributed by atoms with E-state index in [-0.39, 0.29) is 17.5 Å². The normalized spacial score (nSPS) is 19.0. The average molecular weight is 578 g/mol. The van der Waals surface area contributed by atoms with Gasteiger partial charge in [0, 0.05) is 53.4 Å². The fourth-order valence-corrected chi connectivity index (χ4v) is 5.80. The number of fused-ring (bicyclic) bond motifs is 1. The summed E-state index contributed by atoms with van der Waals surface area (Å²) in [5.74, 6) is 1.86. The zero-order valence-corrected chi connectivity index (χ0v) is 22.6. The quantitative estimate of drug-likeness (QED) is 0.270. The van der Waals surface area contributed by atoms with Crippen LogP contribution in [0.25, 0.3) is 0 Å². The molecule has 2 atom stereocenters. The number of hydrogen-bond acceptors (Lipinski definition) is 5. The highest BCUT2D eigenvalue weighted by atomic mass is 79.9. The molecule has 2 fully saturated rings. The van der Waals surface area contributed by atoms with Gasteiger partial charge < -0.3 is 14.5 Å². The van der Waals surface area contributed by atoms with Gasteiger partial charge in [-0.05, 0) is 74.1 Å². The molecule has 38 heavy (non-hydrogen) atoms. The molecule has 2 aliphatic heterocycles. The highest BCUT2D eigenvalue weighted by Gasteiger charge is 2.38. The molecule has 0 bridgehead atoms. The average Bonchev–Trinajstić information content (AvgIpc) is 3.23. The number of rotatable bonds is 5. The van der Waals surface area contributed by atoms with E-state index in [9.17, 15) is 19.7 Å². The lowest BCUT2D eigenvalue weighted by Crippen LogP contribution is -2.34. The first-order chi connectivity index (χ1) is 18.3. The predicted octanol–water partition coefficient (Wildman–Crippen LogP) is 6.08. The summed E-state index contributed by atoms with van der Waals surface area (Å²) in [5.41, 5.74) is 1.38. The summed E-state index contributed by atoms with van der Waals surface area (Å²) in [6.45, 7) is 4.11. The Hall–Kier alpha value is -3.72. The Balaban J connectivity index is 1.20. The van der Waals surface area contributed by atoms with Gasteiger partial charge in [-0.25, -0.2) is 0 Å². The number of carbonyl (C=O) groups excluding carboxylic acids is 2. The molecule has 0 aromatic heterocycles. The highest BCUT2D eigenvalue weighted by molar-refractivity contribution is 9.10. The maximum atomic E-state index is 13.2. The van der Waals surface area contributed by atoms with Crippen molar-refractivity contribution < 1.29 is 19.2 Å². The van der Waals surface area contributed by atoms with Crippen LogP contribution in [-0.4, -0.2) is 52.7 Å². The van der Waals surface area contributed by atoms with Crippen molar-refractivity contribution in [1.29, 1.82) is 0 Å². The van der Waals surface area contributed by atoms with Gasteiger partial charge in [0.2, 0.25) is 0 Å². The molecule has 0 N–H and O–H groups in total. The lowest BCUT2D eigenvalue weighted by atomic mass is 9.92. The van der Waals surface area contributed by atoms with Crippen LogP contribution in [0.4, 0.5) is 5.69 Å². The maximum absolute atomic E-state index is 13.2. The number of benzene rings is 3. The summed E-state index contributed by atoms with van der Waals surface area (Å²) in [6.07, 6.45) is 1.58. The van der Waals surface area contributed by atoms with Gasteiger partial charge in [0.05, 0.1) is 4.92 Å². The zero-order chi connectivity index (χ0) is 26.8. The molecule has 196 valence electrons. The van der Waals surface area contributed by atoms with Crippen LogP contribution >= 0.6 is 15.9 Å². The van der Waals surface area contributed by atoms with Crippen molar-refractivity contribution in [2.24, 2.45) is 11.8 Å². The Morgan fingerprint density at radius 1 is 0.868 bits per heavy atom. The minimum atomic E-state index is -0.459. The van der Waals surface area contributed by atoms with Crippen molar-refractivity contribution in [3.63, 3.8) is 0 Å². The molecular formula is C29H28BrN3O5. The van der Waals surface area contributed by atoms with E-state index in [1.54, 1.807) is 30.0 Å². The predicted molar refractivity (Wildman–Crippen MR) is 147 cm³/mol. The van der Waals surface area contributed by atoms with Crippen LogP contribution in [0.2, 0.25) is 0 Å². The molecule has 0 spiro atoms. The Morgan fingerprint density at radius 2 is 1.45 bits per heavy atom. The molecule has 0 saturated carbocycles. The number of para-hydroxylation sites is 1. The number of amides is 2. The molecule has 2 aliphatic rings. The van der Waals surface area contributed by atoms with E-state index in [1.165, 1.54) is 6.07 Å². The molecule has 0 radical (unpaired) electrons. The molecule has 9 heteroatoms. The monoisotopic (exact) mass is 577 g/mol. The van der Waals surface area contributed by atoms with Gasteiger partial charge in [0.1, 0.15) is 11.5 Å². The van der Waals surface area contributed by atoms with Gasteiger partial charge in [-0.2, -0.15) is 0 Å². The maximum Gasteiger partial charge on any atom is 0.274 e. The number of halogens is 1. The van der Waals surface area contributed by atoms with Crippen molar-refractivity contribution in [2.75, 3.05) is 26.2 Å². The molecule has 3 aromatic rings. The minimum Gasteiger partial charge on any atom is -0.457 e. The topological polar surface area (TPSA) is 93.0 Å². The number of hydrogen-bond donors (Lipinski definition) is 0. The van der Waals surface area contributed by atoms with E-state index >= 15 is 0 Å². The van der Waals surface area contributed by atoms with Crippen LogP contribution in [0, 0.1) is 28.9 Å². The number of nitro groups is 1. The first-order valence-electron chi connectivity index (χ1n) is 12.7. The molecule has 5 rings (SSSR count). The van der Waals surface area contributed by atoms with Crippen molar-refractivity contribution in [3.8, 4) is 11.5 Å². The van der Waals surface area contributed by atoms with Gasteiger partial charge in [0.15, 0.2) is 0 Å². The zero-order valence-electron chi connectivity index (χ0n) is 21.0. The summed E-state index contributed by atoms with van der Waals surface area (Å²) in [7, 11) is 0. The van der Waals surface area contributed by atoms with Gasteiger partial charge in [-0.3, -0.25) is 19.7 Å². The van der Waals surface area contributed by atoms with Crippen molar-refractivity contribution in [2.45, 2.75) is 19.8 Å². The Morgan fingerprint density at radius 3 is 2.05 bits per heavy atom. The van der Waals surface area contributed by atoms with Crippen LogP contribution in [0.1, 0.15) is 39.1 Å². The molecule has 2 saturated heterocycles. The van der Waals surface area contributed by atoms with E-state index < -0.39 is 4.92 Å². The first-order valence-corrected chi connectivity index (χ1v) is 13.5. The SMILES string of the molecule is Cc1c(Br)cc(C(=O)N2CC[C@@H]3CN(C(=O)c4ccc(Oc5ccccc5)cc4)C[C@@H]3CC2)cc1[N+](=O)[O-]. The third-order valence-electron chi connectivity index (χ3n) is 7.53. The van der Waals surface area contributed by atoms with E-state index in [1.807, 2.05) is 47.4 Å². The number of carbonyl (C=O) groups is 2. The fourth-order valence-electron chi connectivity index (χ4n) is 5.35. The smallest absolute Gasteiger partial charge is 0.274 e. The molecule has 2 heterocycles. The molecular weight excluding hydrogens is 550 g/mol. The van der Waals surface area contributed by atoms with Gasteiger partial charge >= 0.3 is 0 Å². The number of nitro benzene ring substituents is 1. The van der Waals surface area contributed by atoms with Gasteiger partial charge in [-0.1, -0.05) is 34.1 Å². The lowest BCUT2D eigenvalue weighted by Gasteiger charge is -2.23. The Kier molecular flexibility index (Phi) is 7.46. The van der Waals surface area contributed by atoms with Crippen molar-refractivity contribution in [3.05, 3.63) is 98.0 Å². The van der Waals surface area contributed by atoms with Crippen molar-refractivity contribution in [1.82, 2.24) is 9.80 Å². The highest BCUT2D eigenvalue weighted by Crippen LogP contribution is 2.34. The summed E-state index contributed by atoms with van der Waals surface area (Å²) in [4.78, 5) is 41.1. The second-order valence-corrected chi connectivity index (χ2v) is 10.8. The Bertz CT molecular complexity index is 1350. The fraction of sp³-hybridized carbons (Fsp3) is 0.310. The van der Waals surface area contributed by atoms with E-state index in [0.717, 1.165) is 18.6 Å². The number of ether oxygens (including phenoxy) is 1. The standard InChI is InChI=1S/C29H28BrN3O5/c1-19-26(30)15-23(16-27(19)33(36)37)29(35)31-13-11-21-17-32(18-22(21)12-14-31)28(34)20-7-9-25(10-8-20)38-24-5-3-2-4-6-24/h2-10,15-16,21-22H,11-14,17-18H2,1H3/t21-,22+. The summed E-state index contributed by atoms with van der Waals surface area (Å²) in [6, 6.07) is 19.8. The number of likely N-dealkylation sites (tertiary alicyclic amines) is 2. The van der Waals surface area contributed by atoms with Crippen LogP contribution in [-0.2, 0) is 0 Å². The van der Waals surface area contributed by atoms with E-state index in [0.29, 0.717) is 64.9 Å².